The molecule has 6 nitrogen and oxygen atoms in total. The first kappa shape index (κ1) is 14.0. The molecule has 1 aromatic carbocycles. The van der Waals surface area contributed by atoms with Crippen molar-refractivity contribution in [3.8, 4) is 17.3 Å². The van der Waals surface area contributed by atoms with E-state index in [2.05, 4.69) is 33.7 Å². The van der Waals surface area contributed by atoms with Gasteiger partial charge >= 0.3 is 0 Å². The number of hydrogen-bond acceptors (Lipinski definition) is 5. The number of nitrogens with two attached hydrogens (primary N) is 1. The Morgan fingerprint density at radius 3 is 2.87 bits per heavy atom. The molecule has 1 fully saturated rings. The summed E-state index contributed by atoms with van der Waals surface area (Å²) in [7, 11) is 1.55. The molecule has 6 heteroatoms. The molecule has 4 rings (SSSR count). The molecule has 0 amide bonds. The number of ether oxygens (including phenoxy) is 1. The van der Waals surface area contributed by atoms with Crippen LogP contribution in [0.2, 0.25) is 0 Å². The molecule has 0 radical (unpaired) electrons. The number of anilines is 1. The Balaban J connectivity index is 1.89. The van der Waals surface area contributed by atoms with Crippen molar-refractivity contribution in [3.05, 3.63) is 30.0 Å². The minimum absolute atomic E-state index is 0.329. The molecule has 0 unspecified atom stereocenters. The van der Waals surface area contributed by atoms with Gasteiger partial charge in [0.2, 0.25) is 0 Å². The van der Waals surface area contributed by atoms with Crippen molar-refractivity contribution in [2.75, 3.05) is 12.8 Å². The zero-order chi connectivity index (χ0) is 16.0. The second-order valence-corrected chi connectivity index (χ2v) is 6.09. The predicted octanol–water partition coefficient (Wildman–Crippen LogP) is 2.80. The average Bonchev–Trinajstić information content (AvgIpc) is 3.27. The fraction of sp³-hybridized carbons (Fsp3) is 0.353. The molecule has 1 saturated carbocycles. The SMILES string of the molecule is COc1cnc(-c2nn(CC3CC3)c3c(C)cccc23)nc1N. The molecular weight excluding hydrogens is 290 g/mol. The lowest BCUT2D eigenvalue weighted by atomic mass is 10.1. The maximum absolute atomic E-state index is 5.93. The standard InChI is InChI=1S/C17H19N5O/c1-10-4-3-5-12-14(17-19-8-13(23-2)16(18)20-17)21-22(15(10)12)9-11-6-7-11/h3-5,8,11H,6-7,9H2,1-2H3,(H2,18,19,20). The monoisotopic (exact) mass is 309 g/mol. The molecule has 1 aliphatic carbocycles. The van der Waals surface area contributed by atoms with E-state index >= 15 is 0 Å². The molecular formula is C17H19N5O. The van der Waals surface area contributed by atoms with Crippen LogP contribution in [0.25, 0.3) is 22.4 Å². The number of rotatable bonds is 4. The number of benzene rings is 1. The highest BCUT2D eigenvalue weighted by atomic mass is 16.5. The third-order valence-corrected chi connectivity index (χ3v) is 4.31. The highest BCUT2D eigenvalue weighted by Gasteiger charge is 2.25. The van der Waals surface area contributed by atoms with Crippen LogP contribution in [0.1, 0.15) is 18.4 Å². The highest BCUT2D eigenvalue weighted by molar-refractivity contribution is 5.93. The van der Waals surface area contributed by atoms with Crippen LogP contribution < -0.4 is 10.5 Å². The van der Waals surface area contributed by atoms with Crippen molar-refractivity contribution < 1.29 is 4.74 Å². The summed E-state index contributed by atoms with van der Waals surface area (Å²) in [5, 5.41) is 5.86. The van der Waals surface area contributed by atoms with E-state index in [1.807, 2.05) is 6.07 Å². The zero-order valence-corrected chi connectivity index (χ0v) is 13.3. The molecule has 0 bridgehead atoms. The number of methoxy groups -OCH3 is 1. The summed E-state index contributed by atoms with van der Waals surface area (Å²) in [6, 6.07) is 6.22. The van der Waals surface area contributed by atoms with Gasteiger partial charge in [-0.25, -0.2) is 9.97 Å². The van der Waals surface area contributed by atoms with E-state index in [9.17, 15) is 0 Å². The smallest absolute Gasteiger partial charge is 0.182 e. The van der Waals surface area contributed by atoms with E-state index in [4.69, 9.17) is 15.6 Å². The Kier molecular flexibility index (Phi) is 3.18. The molecule has 1 aliphatic rings. The van der Waals surface area contributed by atoms with Gasteiger partial charge in [0, 0.05) is 11.9 Å². The lowest BCUT2D eigenvalue weighted by molar-refractivity contribution is 0.413. The van der Waals surface area contributed by atoms with Crippen molar-refractivity contribution in [3.63, 3.8) is 0 Å². The van der Waals surface area contributed by atoms with E-state index in [0.29, 0.717) is 17.4 Å². The Labute approximate surface area is 134 Å². The second-order valence-electron chi connectivity index (χ2n) is 6.09. The van der Waals surface area contributed by atoms with E-state index < -0.39 is 0 Å². The number of fused-ring (bicyclic) bond motifs is 1. The van der Waals surface area contributed by atoms with Gasteiger partial charge in [-0.1, -0.05) is 18.2 Å². The molecule has 0 atom stereocenters. The van der Waals surface area contributed by atoms with Crippen LogP contribution in [0.5, 0.6) is 5.75 Å². The quantitative estimate of drug-likeness (QED) is 0.801. The van der Waals surface area contributed by atoms with Gasteiger partial charge in [-0.05, 0) is 31.2 Å². The molecule has 0 spiro atoms. The van der Waals surface area contributed by atoms with Gasteiger partial charge in [-0.2, -0.15) is 5.10 Å². The molecule has 23 heavy (non-hydrogen) atoms. The van der Waals surface area contributed by atoms with E-state index in [-0.39, 0.29) is 0 Å². The van der Waals surface area contributed by atoms with Crippen molar-refractivity contribution in [2.24, 2.45) is 5.92 Å². The Bertz CT molecular complexity index is 882. The van der Waals surface area contributed by atoms with E-state index in [0.717, 1.165) is 29.1 Å². The first-order valence-corrected chi connectivity index (χ1v) is 7.80. The third-order valence-electron chi connectivity index (χ3n) is 4.31. The van der Waals surface area contributed by atoms with Gasteiger partial charge in [0.25, 0.3) is 0 Å². The topological polar surface area (TPSA) is 78.9 Å². The highest BCUT2D eigenvalue weighted by Crippen LogP contribution is 2.34. The number of nitrogen functional groups attached to an aromatic ring is 1. The summed E-state index contributed by atoms with van der Waals surface area (Å²) in [5.41, 5.74) is 9.08. The Hall–Kier alpha value is -2.63. The van der Waals surface area contributed by atoms with Crippen molar-refractivity contribution in [1.29, 1.82) is 0 Å². The summed E-state index contributed by atoms with van der Waals surface area (Å²) in [5.74, 6) is 2.09. The number of aromatic nitrogens is 4. The van der Waals surface area contributed by atoms with Crippen molar-refractivity contribution in [2.45, 2.75) is 26.3 Å². The van der Waals surface area contributed by atoms with Crippen molar-refractivity contribution >= 4 is 16.7 Å². The van der Waals surface area contributed by atoms with Crippen molar-refractivity contribution in [1.82, 2.24) is 19.7 Å². The number of aryl methyl sites for hydroxylation is 1. The predicted molar refractivity (Wildman–Crippen MR) is 89.2 cm³/mol. The molecule has 2 heterocycles. The molecule has 2 N–H and O–H groups in total. The first-order valence-electron chi connectivity index (χ1n) is 7.80. The van der Waals surface area contributed by atoms with E-state index in [1.165, 1.54) is 18.4 Å². The lowest BCUT2D eigenvalue weighted by Gasteiger charge is -2.03. The Morgan fingerprint density at radius 2 is 2.17 bits per heavy atom. The van der Waals surface area contributed by atoms with Crippen LogP contribution >= 0.6 is 0 Å². The average molecular weight is 309 g/mol. The summed E-state index contributed by atoms with van der Waals surface area (Å²) in [4.78, 5) is 8.74. The molecule has 0 aliphatic heterocycles. The Morgan fingerprint density at radius 1 is 1.35 bits per heavy atom. The van der Waals surface area contributed by atoms with Gasteiger partial charge in [0.1, 0.15) is 5.69 Å². The van der Waals surface area contributed by atoms with Crippen LogP contribution in [-0.2, 0) is 6.54 Å². The van der Waals surface area contributed by atoms with Gasteiger partial charge in [0.05, 0.1) is 18.8 Å². The summed E-state index contributed by atoms with van der Waals surface area (Å²) in [6.07, 6.45) is 4.17. The van der Waals surface area contributed by atoms with Gasteiger partial charge in [0.15, 0.2) is 17.4 Å². The third kappa shape index (κ3) is 2.40. The maximum atomic E-state index is 5.93. The number of hydrogen-bond donors (Lipinski definition) is 1. The number of nitrogens with zero attached hydrogens (tertiary/aromatic N) is 4. The normalized spacial score (nSPS) is 14.3. The summed E-state index contributed by atoms with van der Waals surface area (Å²) in [6.45, 7) is 3.06. The first-order chi connectivity index (χ1) is 11.2. The molecule has 0 saturated heterocycles. The number of para-hydroxylation sites is 1. The largest absolute Gasteiger partial charge is 0.491 e. The van der Waals surface area contributed by atoms with Crippen LogP contribution in [0.15, 0.2) is 24.4 Å². The van der Waals surface area contributed by atoms with Crippen LogP contribution in [-0.4, -0.2) is 26.9 Å². The van der Waals surface area contributed by atoms with Crippen LogP contribution in [0.4, 0.5) is 5.82 Å². The summed E-state index contributed by atoms with van der Waals surface area (Å²) >= 11 is 0. The maximum Gasteiger partial charge on any atom is 0.182 e. The van der Waals surface area contributed by atoms with Gasteiger partial charge in [-0.15, -0.1) is 0 Å². The van der Waals surface area contributed by atoms with Gasteiger partial charge in [-0.3, -0.25) is 4.68 Å². The molecule has 3 aromatic rings. The van der Waals surface area contributed by atoms with Crippen LogP contribution in [0.3, 0.4) is 0 Å². The molecule has 118 valence electrons. The minimum atomic E-state index is 0.329. The fourth-order valence-electron chi connectivity index (χ4n) is 2.91. The van der Waals surface area contributed by atoms with E-state index in [1.54, 1.807) is 13.3 Å². The fourth-order valence-corrected chi connectivity index (χ4v) is 2.91. The minimum Gasteiger partial charge on any atom is -0.491 e. The molecule has 2 aromatic heterocycles. The lowest BCUT2D eigenvalue weighted by Crippen LogP contribution is -2.03. The van der Waals surface area contributed by atoms with Gasteiger partial charge < -0.3 is 10.5 Å². The summed E-state index contributed by atoms with van der Waals surface area (Å²) < 4.78 is 7.23. The second kappa shape index (κ2) is 5.22. The van der Waals surface area contributed by atoms with Crippen LogP contribution in [0, 0.1) is 12.8 Å². The zero-order valence-electron chi connectivity index (χ0n) is 13.3.